The Morgan fingerprint density at radius 2 is 2.07 bits per heavy atom. The van der Waals surface area contributed by atoms with E-state index < -0.39 is 6.10 Å². The van der Waals surface area contributed by atoms with Gasteiger partial charge >= 0.3 is 11.9 Å². The quantitative estimate of drug-likeness (QED) is 0.672. The number of allylic oxidation sites excluding steroid dienone is 3. The molecular formula is C24H36O5. The maximum Gasteiger partial charge on any atom is 0.308 e. The topological polar surface area (TPSA) is 72.8 Å². The van der Waals surface area contributed by atoms with Crippen LogP contribution in [0.4, 0.5) is 0 Å². The third-order valence-corrected chi connectivity index (χ3v) is 6.93. The lowest BCUT2D eigenvalue weighted by Crippen LogP contribution is -2.42. The number of hydrogen-bond donors (Lipinski definition) is 1. The van der Waals surface area contributed by atoms with Crippen molar-refractivity contribution in [2.75, 3.05) is 0 Å². The largest absolute Gasteiger partial charge is 0.462 e. The standard InChI is InChI=1S/C24H36O5/c1-5-15(3)24(27)29-21-11-14(2)10-17-7-6-16(4)20(23(17)21)9-8-19-12-18(25)13-22(26)28-19/h6-7,10,14-16,18-21,23,25H,5,8-9,11-13H2,1-4H3/t14?,15-,16-,18+,19+,20-,21-,23-/m0/s1. The van der Waals surface area contributed by atoms with E-state index in [4.69, 9.17) is 9.47 Å². The minimum atomic E-state index is -0.597. The zero-order chi connectivity index (χ0) is 21.1. The summed E-state index contributed by atoms with van der Waals surface area (Å²) in [4.78, 5) is 24.2. The van der Waals surface area contributed by atoms with E-state index in [2.05, 4.69) is 32.1 Å². The monoisotopic (exact) mass is 404 g/mol. The number of carbonyl (C=O) groups is 2. The first-order valence-corrected chi connectivity index (χ1v) is 11.3. The molecule has 1 fully saturated rings. The van der Waals surface area contributed by atoms with Gasteiger partial charge in [0.05, 0.1) is 18.4 Å². The van der Waals surface area contributed by atoms with Crippen LogP contribution in [0.5, 0.6) is 0 Å². The van der Waals surface area contributed by atoms with E-state index in [-0.39, 0.29) is 42.4 Å². The van der Waals surface area contributed by atoms with Crippen LogP contribution in [0.15, 0.2) is 23.8 Å². The molecule has 162 valence electrons. The molecule has 0 aromatic rings. The molecule has 1 N–H and O–H groups in total. The van der Waals surface area contributed by atoms with Crippen LogP contribution >= 0.6 is 0 Å². The molecule has 5 nitrogen and oxygen atoms in total. The molecule has 5 heteroatoms. The lowest BCUT2D eigenvalue weighted by atomic mass is 9.65. The van der Waals surface area contributed by atoms with Gasteiger partial charge in [0.2, 0.25) is 0 Å². The van der Waals surface area contributed by atoms with Crippen LogP contribution in [0.1, 0.15) is 66.2 Å². The molecule has 3 rings (SSSR count). The number of fused-ring (bicyclic) bond motifs is 1. The van der Waals surface area contributed by atoms with Crippen molar-refractivity contribution >= 4 is 11.9 Å². The summed E-state index contributed by atoms with van der Waals surface area (Å²) < 4.78 is 11.5. The van der Waals surface area contributed by atoms with Gasteiger partial charge in [-0.1, -0.05) is 45.9 Å². The Morgan fingerprint density at radius 3 is 2.76 bits per heavy atom. The molecule has 1 heterocycles. The number of ether oxygens (including phenoxy) is 2. The van der Waals surface area contributed by atoms with Gasteiger partial charge in [-0.15, -0.1) is 0 Å². The summed E-state index contributed by atoms with van der Waals surface area (Å²) in [6.07, 6.45) is 9.70. The minimum absolute atomic E-state index is 0.0854. The number of aliphatic hydroxyl groups is 1. The van der Waals surface area contributed by atoms with E-state index >= 15 is 0 Å². The van der Waals surface area contributed by atoms with E-state index in [0.717, 1.165) is 25.7 Å². The first-order chi connectivity index (χ1) is 13.8. The number of esters is 2. The predicted octanol–water partition coefficient (Wildman–Crippen LogP) is 4.20. The summed E-state index contributed by atoms with van der Waals surface area (Å²) in [6.45, 7) is 8.33. The van der Waals surface area contributed by atoms with Gasteiger partial charge in [-0.05, 0) is 49.0 Å². The van der Waals surface area contributed by atoms with Crippen molar-refractivity contribution in [2.45, 2.75) is 84.5 Å². The van der Waals surface area contributed by atoms with Crippen molar-refractivity contribution in [3.05, 3.63) is 23.8 Å². The van der Waals surface area contributed by atoms with Gasteiger partial charge in [0.1, 0.15) is 12.2 Å². The van der Waals surface area contributed by atoms with Gasteiger partial charge in [0, 0.05) is 12.3 Å². The minimum Gasteiger partial charge on any atom is -0.462 e. The van der Waals surface area contributed by atoms with Crippen molar-refractivity contribution < 1.29 is 24.2 Å². The summed E-state index contributed by atoms with van der Waals surface area (Å²) in [5.74, 6) is 0.755. The Labute approximate surface area is 174 Å². The lowest BCUT2D eigenvalue weighted by molar-refractivity contribution is -0.162. The second-order valence-corrected chi connectivity index (χ2v) is 9.36. The molecule has 1 aliphatic heterocycles. The second kappa shape index (κ2) is 9.46. The molecule has 2 aliphatic carbocycles. The van der Waals surface area contributed by atoms with Crippen molar-refractivity contribution in [1.82, 2.24) is 0 Å². The van der Waals surface area contributed by atoms with E-state index in [1.807, 2.05) is 13.8 Å². The zero-order valence-electron chi connectivity index (χ0n) is 18.2. The molecule has 1 unspecified atom stereocenters. The molecule has 3 aliphatic rings. The summed E-state index contributed by atoms with van der Waals surface area (Å²) in [5, 5.41) is 9.89. The van der Waals surface area contributed by atoms with Crippen molar-refractivity contribution in [1.29, 1.82) is 0 Å². The summed E-state index contributed by atoms with van der Waals surface area (Å²) in [6, 6.07) is 0. The maximum absolute atomic E-state index is 12.5. The van der Waals surface area contributed by atoms with Crippen molar-refractivity contribution in [2.24, 2.45) is 29.6 Å². The van der Waals surface area contributed by atoms with E-state index in [1.165, 1.54) is 5.57 Å². The molecule has 0 amide bonds. The summed E-state index contributed by atoms with van der Waals surface area (Å²) in [7, 11) is 0. The number of carbonyl (C=O) groups excluding carboxylic acids is 2. The third-order valence-electron chi connectivity index (χ3n) is 6.93. The van der Waals surface area contributed by atoms with Gasteiger partial charge in [-0.3, -0.25) is 9.59 Å². The Morgan fingerprint density at radius 1 is 1.31 bits per heavy atom. The molecule has 0 aromatic heterocycles. The predicted molar refractivity (Wildman–Crippen MR) is 111 cm³/mol. The Kier molecular flexibility index (Phi) is 7.20. The smallest absolute Gasteiger partial charge is 0.308 e. The fourth-order valence-electron chi connectivity index (χ4n) is 5.07. The van der Waals surface area contributed by atoms with Crippen LogP contribution in [0.3, 0.4) is 0 Å². The summed E-state index contributed by atoms with van der Waals surface area (Å²) in [5.41, 5.74) is 1.27. The Hall–Kier alpha value is -1.62. The Bertz CT molecular complexity index is 666. The maximum atomic E-state index is 12.5. The fourth-order valence-corrected chi connectivity index (χ4v) is 5.07. The average molecular weight is 405 g/mol. The molecule has 0 bridgehead atoms. The molecule has 29 heavy (non-hydrogen) atoms. The SMILES string of the molecule is CC[C@H](C)C(=O)O[C@H]1CC(C)C=C2C=C[C@H](C)[C@H](CC[C@@H]3C[C@@H](O)CC(=O)O3)[C@H]21. The van der Waals surface area contributed by atoms with Gasteiger partial charge < -0.3 is 14.6 Å². The van der Waals surface area contributed by atoms with Crippen molar-refractivity contribution in [3.8, 4) is 0 Å². The fraction of sp³-hybridized carbons (Fsp3) is 0.750. The highest BCUT2D eigenvalue weighted by atomic mass is 16.5. The van der Waals surface area contributed by atoms with Crippen LogP contribution in [0.2, 0.25) is 0 Å². The van der Waals surface area contributed by atoms with Gasteiger partial charge in [-0.2, -0.15) is 0 Å². The van der Waals surface area contributed by atoms with Crippen molar-refractivity contribution in [3.63, 3.8) is 0 Å². The average Bonchev–Trinajstić information content (AvgIpc) is 2.65. The van der Waals surface area contributed by atoms with Crippen LogP contribution in [-0.2, 0) is 19.1 Å². The van der Waals surface area contributed by atoms with Gasteiger partial charge in [0.15, 0.2) is 0 Å². The molecule has 1 saturated heterocycles. The molecule has 0 radical (unpaired) electrons. The second-order valence-electron chi connectivity index (χ2n) is 9.36. The van der Waals surface area contributed by atoms with Crippen LogP contribution in [0, 0.1) is 29.6 Å². The van der Waals surface area contributed by atoms with Gasteiger partial charge in [-0.25, -0.2) is 0 Å². The zero-order valence-corrected chi connectivity index (χ0v) is 18.2. The van der Waals surface area contributed by atoms with Crippen LogP contribution in [0.25, 0.3) is 0 Å². The van der Waals surface area contributed by atoms with E-state index in [0.29, 0.717) is 24.2 Å². The highest BCUT2D eigenvalue weighted by Crippen LogP contribution is 2.45. The van der Waals surface area contributed by atoms with E-state index in [9.17, 15) is 14.7 Å². The number of cyclic esters (lactones) is 1. The lowest BCUT2D eigenvalue weighted by Gasteiger charge is -2.43. The van der Waals surface area contributed by atoms with Crippen LogP contribution in [-0.4, -0.2) is 35.4 Å². The summed E-state index contributed by atoms with van der Waals surface area (Å²) >= 11 is 0. The molecule has 0 aromatic carbocycles. The number of rotatable bonds is 6. The highest BCUT2D eigenvalue weighted by Gasteiger charge is 2.42. The first kappa shape index (κ1) is 22.1. The van der Waals surface area contributed by atoms with Gasteiger partial charge in [0.25, 0.3) is 0 Å². The third kappa shape index (κ3) is 5.30. The normalized spacial score (nSPS) is 37.9. The number of aliphatic hydroxyl groups excluding tert-OH is 1. The molecular weight excluding hydrogens is 368 g/mol. The Balaban J connectivity index is 1.74. The first-order valence-electron chi connectivity index (χ1n) is 11.3. The molecule has 0 spiro atoms. The van der Waals surface area contributed by atoms with E-state index in [1.54, 1.807) is 0 Å². The molecule has 8 atom stereocenters. The number of hydrogen-bond acceptors (Lipinski definition) is 5. The molecule has 0 saturated carbocycles. The highest BCUT2D eigenvalue weighted by molar-refractivity contribution is 5.72. The van der Waals surface area contributed by atoms with Crippen LogP contribution < -0.4 is 0 Å².